The summed E-state index contributed by atoms with van der Waals surface area (Å²) in [6, 6.07) is 10.9. The molecule has 1 N–H and O–H groups in total. The van der Waals surface area contributed by atoms with Gasteiger partial charge in [-0.1, -0.05) is 17.7 Å². The number of nitriles is 1. The predicted molar refractivity (Wildman–Crippen MR) is 110 cm³/mol. The Morgan fingerprint density at radius 1 is 1.43 bits per heavy atom. The maximum Gasteiger partial charge on any atom is 0.266 e. The summed E-state index contributed by atoms with van der Waals surface area (Å²) >= 11 is 6.00. The van der Waals surface area contributed by atoms with Gasteiger partial charge in [0.15, 0.2) is 0 Å². The van der Waals surface area contributed by atoms with Crippen molar-refractivity contribution < 1.29 is 14.3 Å². The molecule has 0 radical (unpaired) electrons. The Kier molecular flexibility index (Phi) is 5.91. The smallest absolute Gasteiger partial charge is 0.266 e. The van der Waals surface area contributed by atoms with Gasteiger partial charge in [0.05, 0.1) is 6.61 Å². The topological polar surface area (TPSA) is 71.3 Å². The van der Waals surface area contributed by atoms with Crippen molar-refractivity contribution in [3.8, 4) is 17.6 Å². The van der Waals surface area contributed by atoms with Crippen molar-refractivity contribution in [3.63, 3.8) is 0 Å². The quantitative estimate of drug-likeness (QED) is 0.575. The second-order valence-electron chi connectivity index (χ2n) is 6.65. The standard InChI is InChI=1S/C22H21ClN2O3/c1-4-27-20-9-15-7-14(3)28-21(15)10-16(20)8-17(12-24)22(26)25-19-11-18(23)6-5-13(19)2/h5-6,8-11,14H,4,7H2,1-3H3,(H,25,26)/b17-8+/t14-/m0/s1. The third-order valence-corrected chi connectivity index (χ3v) is 4.68. The molecule has 0 unspecified atom stereocenters. The number of ether oxygens (including phenoxy) is 2. The molecule has 1 aliphatic heterocycles. The number of hydrogen-bond donors (Lipinski definition) is 1. The van der Waals surface area contributed by atoms with E-state index in [1.807, 2.05) is 39.0 Å². The van der Waals surface area contributed by atoms with Gasteiger partial charge < -0.3 is 14.8 Å². The van der Waals surface area contributed by atoms with Crippen molar-refractivity contribution in [1.29, 1.82) is 5.26 Å². The molecule has 0 aliphatic carbocycles. The number of aryl methyl sites for hydroxylation is 1. The first kappa shape index (κ1) is 19.8. The first-order valence-electron chi connectivity index (χ1n) is 9.07. The summed E-state index contributed by atoms with van der Waals surface area (Å²) in [4.78, 5) is 12.6. The number of hydrogen-bond acceptors (Lipinski definition) is 4. The molecular formula is C22H21ClN2O3. The molecule has 2 aromatic rings. The molecule has 3 rings (SSSR count). The fraction of sp³-hybridized carbons (Fsp3) is 0.273. The minimum Gasteiger partial charge on any atom is -0.493 e. The van der Waals surface area contributed by atoms with E-state index in [0.29, 0.717) is 28.6 Å². The van der Waals surface area contributed by atoms with Gasteiger partial charge >= 0.3 is 0 Å². The molecule has 6 heteroatoms. The summed E-state index contributed by atoms with van der Waals surface area (Å²) < 4.78 is 11.5. The molecule has 0 bridgehead atoms. The van der Waals surface area contributed by atoms with Crippen LogP contribution in [0.5, 0.6) is 11.5 Å². The number of nitrogens with zero attached hydrogens (tertiary/aromatic N) is 1. The van der Waals surface area contributed by atoms with Gasteiger partial charge in [-0.25, -0.2) is 0 Å². The van der Waals surface area contributed by atoms with Gasteiger partial charge in [0.1, 0.15) is 29.2 Å². The van der Waals surface area contributed by atoms with E-state index in [1.165, 1.54) is 6.08 Å². The normalized spacial score (nSPS) is 15.4. The van der Waals surface area contributed by atoms with E-state index in [0.717, 1.165) is 23.3 Å². The second-order valence-corrected chi connectivity index (χ2v) is 7.08. The van der Waals surface area contributed by atoms with Crippen LogP contribution < -0.4 is 14.8 Å². The van der Waals surface area contributed by atoms with Gasteiger partial charge in [-0.2, -0.15) is 5.26 Å². The van der Waals surface area contributed by atoms with Crippen LogP contribution >= 0.6 is 11.6 Å². The van der Waals surface area contributed by atoms with Crippen LogP contribution in [0.15, 0.2) is 35.9 Å². The highest BCUT2D eigenvalue weighted by atomic mass is 35.5. The number of benzene rings is 2. The molecule has 0 saturated heterocycles. The van der Waals surface area contributed by atoms with Crippen molar-refractivity contribution in [1.82, 2.24) is 0 Å². The van der Waals surface area contributed by atoms with Crippen molar-refractivity contribution in [3.05, 3.63) is 57.6 Å². The lowest BCUT2D eigenvalue weighted by Gasteiger charge is -2.11. The highest BCUT2D eigenvalue weighted by molar-refractivity contribution is 6.31. The maximum absolute atomic E-state index is 12.6. The van der Waals surface area contributed by atoms with E-state index in [4.69, 9.17) is 21.1 Å². The van der Waals surface area contributed by atoms with E-state index < -0.39 is 5.91 Å². The molecule has 5 nitrogen and oxygen atoms in total. The molecule has 1 amide bonds. The highest BCUT2D eigenvalue weighted by Crippen LogP contribution is 2.36. The average Bonchev–Trinajstić information content (AvgIpc) is 3.01. The molecule has 0 saturated carbocycles. The average molecular weight is 397 g/mol. The lowest BCUT2D eigenvalue weighted by atomic mass is 10.0. The van der Waals surface area contributed by atoms with Gasteiger partial charge in [-0.15, -0.1) is 0 Å². The van der Waals surface area contributed by atoms with E-state index in [-0.39, 0.29) is 11.7 Å². The van der Waals surface area contributed by atoms with Gasteiger partial charge in [0, 0.05) is 28.3 Å². The van der Waals surface area contributed by atoms with Crippen LogP contribution in [-0.2, 0) is 11.2 Å². The van der Waals surface area contributed by atoms with Crippen LogP contribution in [0.3, 0.4) is 0 Å². The minimum atomic E-state index is -0.509. The minimum absolute atomic E-state index is 0.0358. The fourth-order valence-corrected chi connectivity index (χ4v) is 3.24. The van der Waals surface area contributed by atoms with E-state index in [1.54, 1.807) is 18.2 Å². The maximum atomic E-state index is 12.6. The van der Waals surface area contributed by atoms with E-state index in [2.05, 4.69) is 5.32 Å². The SMILES string of the molecule is CCOc1cc2c(cc1/C=C(\C#N)C(=O)Nc1cc(Cl)ccc1C)O[C@@H](C)C2. The lowest BCUT2D eigenvalue weighted by molar-refractivity contribution is -0.112. The Labute approximate surface area is 169 Å². The predicted octanol–water partition coefficient (Wildman–Crippen LogP) is 4.92. The Morgan fingerprint density at radius 2 is 2.21 bits per heavy atom. The first-order chi connectivity index (χ1) is 13.4. The van der Waals surface area contributed by atoms with Crippen molar-refractivity contribution in [2.24, 2.45) is 0 Å². The largest absolute Gasteiger partial charge is 0.493 e. The van der Waals surface area contributed by atoms with Crippen LogP contribution in [0.4, 0.5) is 5.69 Å². The zero-order chi connectivity index (χ0) is 20.3. The summed E-state index contributed by atoms with van der Waals surface area (Å²) in [7, 11) is 0. The number of nitrogens with one attached hydrogen (secondary N) is 1. The Morgan fingerprint density at radius 3 is 2.93 bits per heavy atom. The third kappa shape index (κ3) is 4.29. The number of halogens is 1. The number of carbonyl (C=O) groups is 1. The van der Waals surface area contributed by atoms with Crippen LogP contribution in [0.1, 0.15) is 30.5 Å². The molecular weight excluding hydrogens is 376 g/mol. The number of amides is 1. The molecule has 2 aromatic carbocycles. The monoisotopic (exact) mass is 396 g/mol. The van der Waals surface area contributed by atoms with Crippen LogP contribution in [0.2, 0.25) is 5.02 Å². The van der Waals surface area contributed by atoms with E-state index >= 15 is 0 Å². The fourth-order valence-electron chi connectivity index (χ4n) is 3.07. The zero-order valence-electron chi connectivity index (χ0n) is 16.0. The molecule has 28 heavy (non-hydrogen) atoms. The summed E-state index contributed by atoms with van der Waals surface area (Å²) in [5.41, 5.74) is 3.07. The molecule has 1 heterocycles. The van der Waals surface area contributed by atoms with Crippen molar-refractivity contribution >= 4 is 29.3 Å². The lowest BCUT2D eigenvalue weighted by Crippen LogP contribution is -2.14. The van der Waals surface area contributed by atoms with Crippen LogP contribution in [0.25, 0.3) is 6.08 Å². The summed E-state index contributed by atoms with van der Waals surface area (Å²) in [6.07, 6.45) is 2.42. The Bertz CT molecular complexity index is 992. The summed E-state index contributed by atoms with van der Waals surface area (Å²) in [5.74, 6) is 0.870. The van der Waals surface area contributed by atoms with Gasteiger partial charge in [-0.3, -0.25) is 4.79 Å². The molecule has 0 spiro atoms. The Balaban J connectivity index is 1.94. The van der Waals surface area contributed by atoms with Crippen LogP contribution in [-0.4, -0.2) is 18.6 Å². The number of fused-ring (bicyclic) bond motifs is 1. The summed E-state index contributed by atoms with van der Waals surface area (Å²) in [6.45, 7) is 6.22. The number of anilines is 1. The highest BCUT2D eigenvalue weighted by Gasteiger charge is 2.22. The third-order valence-electron chi connectivity index (χ3n) is 4.44. The number of rotatable bonds is 5. The number of carbonyl (C=O) groups excluding carboxylic acids is 1. The first-order valence-corrected chi connectivity index (χ1v) is 9.44. The van der Waals surface area contributed by atoms with Crippen molar-refractivity contribution in [2.75, 3.05) is 11.9 Å². The Hall–Kier alpha value is -2.97. The van der Waals surface area contributed by atoms with E-state index in [9.17, 15) is 10.1 Å². The molecule has 0 aromatic heterocycles. The van der Waals surface area contributed by atoms with Crippen LogP contribution in [0, 0.1) is 18.3 Å². The van der Waals surface area contributed by atoms with Gasteiger partial charge in [-0.05, 0) is 56.7 Å². The van der Waals surface area contributed by atoms with Crippen molar-refractivity contribution in [2.45, 2.75) is 33.3 Å². The summed E-state index contributed by atoms with van der Waals surface area (Å²) in [5, 5.41) is 12.8. The second kappa shape index (κ2) is 8.37. The van der Waals surface area contributed by atoms with Gasteiger partial charge in [0.25, 0.3) is 5.91 Å². The van der Waals surface area contributed by atoms with Gasteiger partial charge in [0.2, 0.25) is 0 Å². The molecule has 1 aliphatic rings. The molecule has 144 valence electrons. The molecule has 0 fully saturated rings. The zero-order valence-corrected chi connectivity index (χ0v) is 16.8. The molecule has 1 atom stereocenters.